The summed E-state index contributed by atoms with van der Waals surface area (Å²) in [5.41, 5.74) is 3.00. The van der Waals surface area contributed by atoms with Crippen molar-refractivity contribution in [2.45, 2.75) is 141 Å². The lowest BCUT2D eigenvalue weighted by Gasteiger charge is -2.53. The third-order valence-corrected chi connectivity index (χ3v) is 10.7. The summed E-state index contributed by atoms with van der Waals surface area (Å²) in [6.45, 7) is 6.25. The minimum Gasteiger partial charge on any atom is -0.508 e. The Morgan fingerprint density at radius 2 is 1.70 bits per heavy atom. The molecule has 1 aromatic carbocycles. The SMILES string of the molecule is CCCCCCCCC[C@@H]1Cc2cc(O)ccc2C2CC[C@@]3(C)C(CC[C@@H]3OC(C)=O)C21.FC(F)(F)C(F)(F)CCCS. The first kappa shape index (κ1) is 36.0. The Kier molecular flexibility index (Phi) is 13.1. The molecule has 3 aliphatic carbocycles. The predicted molar refractivity (Wildman–Crippen MR) is 164 cm³/mol. The van der Waals surface area contributed by atoms with Gasteiger partial charge in [-0.15, -0.1) is 0 Å². The molecule has 4 rings (SSSR count). The van der Waals surface area contributed by atoms with Crippen LogP contribution in [-0.2, 0) is 16.0 Å². The van der Waals surface area contributed by atoms with E-state index >= 15 is 0 Å². The molecule has 9 heteroatoms. The maximum Gasteiger partial charge on any atom is 0.453 e. The van der Waals surface area contributed by atoms with Gasteiger partial charge in [0.25, 0.3) is 0 Å². The Balaban J connectivity index is 0.000000393. The number of fused-ring (bicyclic) bond motifs is 5. The van der Waals surface area contributed by atoms with Crippen LogP contribution in [0.15, 0.2) is 18.2 Å². The van der Waals surface area contributed by atoms with Gasteiger partial charge in [-0.1, -0.05) is 64.9 Å². The van der Waals surface area contributed by atoms with Crippen molar-refractivity contribution in [1.82, 2.24) is 0 Å². The van der Waals surface area contributed by atoms with E-state index in [1.807, 2.05) is 12.1 Å². The lowest BCUT2D eigenvalue weighted by atomic mass is 9.52. The number of thiol groups is 1. The number of alkyl halides is 5. The number of carbonyl (C=O) groups excluding carboxylic acids is 1. The van der Waals surface area contributed by atoms with Gasteiger partial charge in [-0.3, -0.25) is 4.79 Å². The van der Waals surface area contributed by atoms with Crippen LogP contribution in [0.4, 0.5) is 22.0 Å². The molecule has 246 valence electrons. The third kappa shape index (κ3) is 9.03. The minimum absolute atomic E-state index is 0.0334. The van der Waals surface area contributed by atoms with Gasteiger partial charge in [-0.25, -0.2) is 0 Å². The number of phenols is 1. The Morgan fingerprint density at radius 1 is 1.02 bits per heavy atom. The van der Waals surface area contributed by atoms with Gasteiger partial charge in [0.15, 0.2) is 0 Å². The van der Waals surface area contributed by atoms with Crippen LogP contribution in [0.2, 0.25) is 0 Å². The highest BCUT2D eigenvalue weighted by Gasteiger charge is 2.58. The van der Waals surface area contributed by atoms with Crippen LogP contribution in [0.1, 0.15) is 128 Å². The molecule has 0 amide bonds. The average molecular weight is 635 g/mol. The number of benzene rings is 1. The fourth-order valence-corrected chi connectivity index (χ4v) is 8.37. The van der Waals surface area contributed by atoms with Crippen LogP contribution in [0, 0.1) is 23.2 Å². The van der Waals surface area contributed by atoms with Gasteiger partial charge in [0.05, 0.1) is 0 Å². The van der Waals surface area contributed by atoms with E-state index in [1.165, 1.54) is 75.3 Å². The van der Waals surface area contributed by atoms with Crippen molar-refractivity contribution in [2.24, 2.45) is 23.2 Å². The van der Waals surface area contributed by atoms with Gasteiger partial charge in [0, 0.05) is 18.8 Å². The first-order chi connectivity index (χ1) is 20.2. The number of hydrogen-bond acceptors (Lipinski definition) is 4. The molecule has 0 radical (unpaired) electrons. The summed E-state index contributed by atoms with van der Waals surface area (Å²) in [5.74, 6) is -1.62. The number of esters is 1. The van der Waals surface area contributed by atoms with Crippen molar-refractivity contribution >= 4 is 18.6 Å². The van der Waals surface area contributed by atoms with Crippen LogP contribution < -0.4 is 0 Å². The van der Waals surface area contributed by atoms with Gasteiger partial charge in [0.2, 0.25) is 0 Å². The number of phenolic OH excluding ortho intramolecular Hbond substituents is 1. The quantitative estimate of drug-likeness (QED) is 0.104. The predicted octanol–water partition coefficient (Wildman–Crippen LogP) is 10.4. The molecule has 6 atom stereocenters. The van der Waals surface area contributed by atoms with Gasteiger partial charge in [0.1, 0.15) is 11.9 Å². The third-order valence-electron chi connectivity index (χ3n) is 10.3. The fourth-order valence-electron chi connectivity index (χ4n) is 8.21. The Labute approximate surface area is 260 Å². The molecule has 1 aromatic rings. The van der Waals surface area contributed by atoms with Crippen LogP contribution in [0.5, 0.6) is 5.75 Å². The number of ether oxygens (including phenoxy) is 1. The largest absolute Gasteiger partial charge is 0.508 e. The molecule has 0 aromatic heterocycles. The first-order valence-corrected chi connectivity index (χ1v) is 16.9. The molecular formula is C34H51F5O3S. The molecule has 2 saturated carbocycles. The summed E-state index contributed by atoms with van der Waals surface area (Å²) in [6, 6.07) is 6.12. The molecule has 3 unspecified atom stereocenters. The van der Waals surface area contributed by atoms with Gasteiger partial charge >= 0.3 is 18.1 Å². The number of hydrogen-bond donors (Lipinski definition) is 2. The summed E-state index contributed by atoms with van der Waals surface area (Å²) in [5, 5.41) is 10.1. The number of unbranched alkanes of at least 4 members (excludes halogenated alkanes) is 6. The summed E-state index contributed by atoms with van der Waals surface area (Å²) in [7, 11) is 0. The number of rotatable bonds is 12. The molecular weight excluding hydrogens is 583 g/mol. The van der Waals surface area contributed by atoms with E-state index in [9.17, 15) is 31.9 Å². The van der Waals surface area contributed by atoms with E-state index < -0.39 is 18.5 Å². The smallest absolute Gasteiger partial charge is 0.453 e. The molecule has 0 bridgehead atoms. The van der Waals surface area contributed by atoms with Crippen molar-refractivity contribution in [2.75, 3.05) is 5.75 Å². The lowest BCUT2D eigenvalue weighted by molar-refractivity contribution is -0.284. The monoisotopic (exact) mass is 634 g/mol. The normalized spacial score (nSPS) is 28.3. The number of halogens is 5. The molecule has 0 aliphatic heterocycles. The van der Waals surface area contributed by atoms with Gasteiger partial charge < -0.3 is 9.84 Å². The summed E-state index contributed by atoms with van der Waals surface area (Å²) in [6.07, 6.45) is 9.68. The highest BCUT2D eigenvalue weighted by atomic mass is 32.1. The Bertz CT molecular complexity index is 1030. The maximum absolute atomic E-state index is 12.0. The molecule has 3 nitrogen and oxygen atoms in total. The van der Waals surface area contributed by atoms with Crippen molar-refractivity contribution in [3.8, 4) is 5.75 Å². The standard InChI is InChI=1S/C29H44O3.C5H7F5S/c1-4-5-6-7-8-9-10-11-21-18-22-19-23(31)12-13-24(22)25-16-17-29(3)26(28(21)25)14-15-27(29)32-20(2)30;6-4(7,2-1-3-11)5(8,9)10/h12-13,19,21,25-28,31H,4-11,14-18H2,1-3H3;11H,1-3H2/t21-,25?,26?,27+,28?,29+;/m1./s1. The molecule has 0 heterocycles. The Hall–Kier alpha value is -1.51. The van der Waals surface area contributed by atoms with Crippen molar-refractivity contribution in [3.05, 3.63) is 29.3 Å². The van der Waals surface area contributed by atoms with Gasteiger partial charge in [-0.05, 0) is 97.6 Å². The molecule has 1 N–H and O–H groups in total. The number of carbonyl (C=O) groups is 1. The zero-order valence-electron chi connectivity index (χ0n) is 26.0. The van der Waals surface area contributed by atoms with Gasteiger partial charge in [-0.2, -0.15) is 34.6 Å². The highest BCUT2D eigenvalue weighted by Crippen LogP contribution is 2.63. The molecule has 43 heavy (non-hydrogen) atoms. The molecule has 0 saturated heterocycles. The average Bonchev–Trinajstić information content (AvgIpc) is 3.26. The molecule has 2 fully saturated rings. The highest BCUT2D eigenvalue weighted by molar-refractivity contribution is 7.80. The van der Waals surface area contributed by atoms with E-state index in [-0.39, 0.29) is 29.7 Å². The Morgan fingerprint density at radius 3 is 2.33 bits per heavy atom. The second-order valence-electron chi connectivity index (χ2n) is 13.3. The molecule has 0 spiro atoms. The van der Waals surface area contributed by atoms with Crippen LogP contribution in [0.25, 0.3) is 0 Å². The number of aromatic hydroxyl groups is 1. The topological polar surface area (TPSA) is 46.5 Å². The zero-order valence-corrected chi connectivity index (χ0v) is 26.9. The van der Waals surface area contributed by atoms with E-state index in [0.717, 1.165) is 19.3 Å². The van der Waals surface area contributed by atoms with E-state index in [2.05, 4.69) is 32.5 Å². The summed E-state index contributed by atoms with van der Waals surface area (Å²) >= 11 is 3.53. The lowest BCUT2D eigenvalue weighted by Crippen LogP contribution is -2.48. The second kappa shape index (κ2) is 15.7. The van der Waals surface area contributed by atoms with Crippen molar-refractivity contribution < 1.29 is 36.6 Å². The van der Waals surface area contributed by atoms with Crippen LogP contribution in [-0.4, -0.2) is 35.0 Å². The van der Waals surface area contributed by atoms with E-state index in [1.54, 1.807) is 6.92 Å². The fraction of sp³-hybridized carbons (Fsp3) is 0.794. The first-order valence-electron chi connectivity index (χ1n) is 16.3. The summed E-state index contributed by atoms with van der Waals surface area (Å²) in [4.78, 5) is 11.8. The van der Waals surface area contributed by atoms with Crippen molar-refractivity contribution in [1.29, 1.82) is 0 Å². The van der Waals surface area contributed by atoms with Crippen molar-refractivity contribution in [3.63, 3.8) is 0 Å². The minimum atomic E-state index is -5.42. The summed E-state index contributed by atoms with van der Waals surface area (Å²) < 4.78 is 63.9. The molecule has 3 aliphatic rings. The van der Waals surface area contributed by atoms with E-state index in [4.69, 9.17) is 4.74 Å². The maximum atomic E-state index is 12.0. The second-order valence-corrected chi connectivity index (χ2v) is 13.7. The van der Waals surface area contributed by atoms with Crippen LogP contribution >= 0.6 is 12.6 Å². The van der Waals surface area contributed by atoms with Crippen LogP contribution in [0.3, 0.4) is 0 Å². The van der Waals surface area contributed by atoms with E-state index in [0.29, 0.717) is 29.4 Å². The zero-order chi connectivity index (χ0) is 31.8.